The zero-order chi connectivity index (χ0) is 12.3. The first-order valence-electron chi connectivity index (χ1n) is 3.94. The second-order valence-electron chi connectivity index (χ2n) is 2.66. The first-order valence-corrected chi connectivity index (χ1v) is 4.32. The SMILES string of the molecule is COC(=O)Nc1cc([N+](=O)[O-])c(Cl)cc1F. The van der Waals surface area contributed by atoms with E-state index in [2.05, 4.69) is 4.74 Å². The number of carbonyl (C=O) groups is 1. The zero-order valence-electron chi connectivity index (χ0n) is 7.99. The van der Waals surface area contributed by atoms with E-state index in [4.69, 9.17) is 11.6 Å². The van der Waals surface area contributed by atoms with Crippen LogP contribution in [0.3, 0.4) is 0 Å². The van der Waals surface area contributed by atoms with Crippen molar-refractivity contribution < 1.29 is 18.8 Å². The third-order valence-electron chi connectivity index (χ3n) is 1.66. The molecule has 0 bridgehead atoms. The summed E-state index contributed by atoms with van der Waals surface area (Å²) in [6.45, 7) is 0. The third-order valence-corrected chi connectivity index (χ3v) is 1.96. The average Bonchev–Trinajstić information content (AvgIpc) is 2.21. The summed E-state index contributed by atoms with van der Waals surface area (Å²) in [5.74, 6) is -0.888. The largest absolute Gasteiger partial charge is 0.453 e. The molecule has 1 rings (SSSR count). The maximum absolute atomic E-state index is 13.2. The van der Waals surface area contributed by atoms with Crippen molar-refractivity contribution >= 4 is 29.1 Å². The Morgan fingerprint density at radius 1 is 1.62 bits per heavy atom. The smallest absolute Gasteiger partial charge is 0.411 e. The van der Waals surface area contributed by atoms with Gasteiger partial charge in [0.1, 0.15) is 10.8 Å². The molecule has 0 heterocycles. The van der Waals surface area contributed by atoms with Crippen LogP contribution in [-0.4, -0.2) is 18.1 Å². The number of carbonyl (C=O) groups excluding carboxylic acids is 1. The van der Waals surface area contributed by atoms with Crippen molar-refractivity contribution in [3.05, 3.63) is 33.1 Å². The van der Waals surface area contributed by atoms with Crippen molar-refractivity contribution in [1.29, 1.82) is 0 Å². The fourth-order valence-corrected chi connectivity index (χ4v) is 1.15. The minimum Gasteiger partial charge on any atom is -0.453 e. The number of nitro groups is 1. The first-order chi connectivity index (χ1) is 7.45. The lowest BCUT2D eigenvalue weighted by molar-refractivity contribution is -0.384. The predicted molar refractivity (Wildman–Crippen MR) is 54.1 cm³/mol. The van der Waals surface area contributed by atoms with Crippen LogP contribution in [0, 0.1) is 15.9 Å². The summed E-state index contributed by atoms with van der Waals surface area (Å²) in [5, 5.41) is 12.1. The number of halogens is 2. The number of nitrogens with zero attached hydrogens (tertiary/aromatic N) is 1. The normalized spacial score (nSPS) is 9.69. The summed E-state index contributed by atoms with van der Waals surface area (Å²) in [6, 6.07) is 1.56. The fourth-order valence-electron chi connectivity index (χ4n) is 0.934. The maximum Gasteiger partial charge on any atom is 0.411 e. The van der Waals surface area contributed by atoms with Crippen molar-refractivity contribution in [3.63, 3.8) is 0 Å². The lowest BCUT2D eigenvalue weighted by atomic mass is 10.2. The van der Waals surface area contributed by atoms with Crippen LogP contribution in [-0.2, 0) is 4.74 Å². The highest BCUT2D eigenvalue weighted by atomic mass is 35.5. The number of hydrogen-bond donors (Lipinski definition) is 1. The van der Waals surface area contributed by atoms with Gasteiger partial charge in [-0.15, -0.1) is 0 Å². The monoisotopic (exact) mass is 248 g/mol. The molecule has 1 aromatic carbocycles. The summed E-state index contributed by atoms with van der Waals surface area (Å²) >= 11 is 5.44. The number of ether oxygens (including phenoxy) is 1. The Hall–Kier alpha value is -1.89. The second kappa shape index (κ2) is 4.75. The minimum absolute atomic E-state index is 0.349. The zero-order valence-corrected chi connectivity index (χ0v) is 8.75. The molecule has 1 N–H and O–H groups in total. The Balaban J connectivity index is 3.14. The van der Waals surface area contributed by atoms with Gasteiger partial charge in [-0.2, -0.15) is 0 Å². The highest BCUT2D eigenvalue weighted by molar-refractivity contribution is 6.32. The number of benzene rings is 1. The molecule has 0 atom stereocenters. The van der Waals surface area contributed by atoms with Crippen LogP contribution in [0.5, 0.6) is 0 Å². The van der Waals surface area contributed by atoms with Crippen LogP contribution in [0.4, 0.5) is 20.6 Å². The molecule has 16 heavy (non-hydrogen) atoms. The van der Waals surface area contributed by atoms with Crippen LogP contribution in [0.1, 0.15) is 0 Å². The number of nitrogens with one attached hydrogen (secondary N) is 1. The molecule has 0 spiro atoms. The van der Waals surface area contributed by atoms with Crippen molar-refractivity contribution in [3.8, 4) is 0 Å². The maximum atomic E-state index is 13.2. The van der Waals surface area contributed by atoms with Gasteiger partial charge in [-0.1, -0.05) is 11.6 Å². The highest BCUT2D eigenvalue weighted by Gasteiger charge is 2.18. The van der Waals surface area contributed by atoms with Crippen LogP contribution < -0.4 is 5.32 Å². The van der Waals surface area contributed by atoms with Gasteiger partial charge in [0.2, 0.25) is 0 Å². The average molecular weight is 249 g/mol. The molecule has 1 aromatic rings. The van der Waals surface area contributed by atoms with Crippen molar-refractivity contribution in [1.82, 2.24) is 0 Å². The number of anilines is 1. The summed E-state index contributed by atoms with van der Waals surface area (Å²) < 4.78 is 17.4. The van der Waals surface area contributed by atoms with Gasteiger partial charge in [-0.05, 0) is 0 Å². The van der Waals surface area contributed by atoms with E-state index in [0.717, 1.165) is 19.2 Å². The van der Waals surface area contributed by atoms with Gasteiger partial charge in [0.05, 0.1) is 17.7 Å². The lowest BCUT2D eigenvalue weighted by Gasteiger charge is -2.05. The van der Waals surface area contributed by atoms with E-state index in [1.54, 1.807) is 0 Å². The number of amides is 1. The van der Waals surface area contributed by atoms with E-state index in [0.29, 0.717) is 0 Å². The molecule has 0 aliphatic carbocycles. The molecule has 0 aromatic heterocycles. The molecule has 0 aliphatic heterocycles. The number of rotatable bonds is 2. The van der Waals surface area contributed by atoms with E-state index in [9.17, 15) is 19.3 Å². The predicted octanol–water partition coefficient (Wildman–Crippen LogP) is 2.57. The molecule has 0 unspecified atom stereocenters. The van der Waals surface area contributed by atoms with E-state index >= 15 is 0 Å². The Morgan fingerprint density at radius 2 is 2.25 bits per heavy atom. The molecule has 6 nitrogen and oxygen atoms in total. The Labute approximate surface area is 94.1 Å². The van der Waals surface area contributed by atoms with Crippen molar-refractivity contribution in [2.45, 2.75) is 0 Å². The molecular formula is C8H6ClFN2O4. The molecule has 0 radical (unpaired) electrons. The van der Waals surface area contributed by atoms with Gasteiger partial charge >= 0.3 is 6.09 Å². The van der Waals surface area contributed by atoms with E-state index < -0.39 is 22.5 Å². The molecule has 0 saturated carbocycles. The standard InChI is InChI=1S/C8H6ClFN2O4/c1-16-8(13)11-6-3-7(12(14)15)4(9)2-5(6)10/h2-3H,1H3,(H,11,13). The molecule has 8 heteroatoms. The van der Waals surface area contributed by atoms with Crippen LogP contribution in [0.2, 0.25) is 5.02 Å². The summed E-state index contributed by atoms with van der Waals surface area (Å²) in [6.07, 6.45) is -0.935. The third kappa shape index (κ3) is 2.57. The van der Waals surface area contributed by atoms with Crippen LogP contribution >= 0.6 is 11.6 Å². The Morgan fingerprint density at radius 3 is 2.75 bits per heavy atom. The molecule has 0 saturated heterocycles. The second-order valence-corrected chi connectivity index (χ2v) is 3.06. The molecule has 0 fully saturated rings. The molecule has 86 valence electrons. The van der Waals surface area contributed by atoms with Gasteiger partial charge in [-0.25, -0.2) is 9.18 Å². The van der Waals surface area contributed by atoms with Gasteiger partial charge in [-0.3, -0.25) is 15.4 Å². The number of methoxy groups -OCH3 is 1. The Bertz CT molecular complexity index is 452. The first kappa shape index (κ1) is 12.2. The molecular weight excluding hydrogens is 243 g/mol. The van der Waals surface area contributed by atoms with Gasteiger partial charge < -0.3 is 4.74 Å². The number of nitro benzene ring substituents is 1. The topological polar surface area (TPSA) is 81.5 Å². The van der Waals surface area contributed by atoms with Crippen molar-refractivity contribution in [2.24, 2.45) is 0 Å². The quantitative estimate of drug-likeness (QED) is 0.644. The van der Waals surface area contributed by atoms with Crippen molar-refractivity contribution in [2.75, 3.05) is 12.4 Å². The number of hydrogen-bond acceptors (Lipinski definition) is 4. The van der Waals surface area contributed by atoms with E-state index in [-0.39, 0.29) is 10.7 Å². The highest BCUT2D eigenvalue weighted by Crippen LogP contribution is 2.30. The fraction of sp³-hybridized carbons (Fsp3) is 0.125. The summed E-state index contributed by atoms with van der Waals surface area (Å²) in [5.41, 5.74) is -0.877. The van der Waals surface area contributed by atoms with Crippen LogP contribution in [0.15, 0.2) is 12.1 Å². The van der Waals surface area contributed by atoms with Gasteiger partial charge in [0.25, 0.3) is 5.69 Å². The Kier molecular flexibility index (Phi) is 3.62. The molecule has 0 aliphatic rings. The summed E-state index contributed by atoms with van der Waals surface area (Å²) in [4.78, 5) is 20.5. The van der Waals surface area contributed by atoms with E-state index in [1.807, 2.05) is 5.32 Å². The van der Waals surface area contributed by atoms with Gasteiger partial charge in [0.15, 0.2) is 0 Å². The van der Waals surface area contributed by atoms with Gasteiger partial charge in [0, 0.05) is 12.1 Å². The minimum atomic E-state index is -0.935. The summed E-state index contributed by atoms with van der Waals surface area (Å²) in [7, 11) is 1.08. The lowest BCUT2D eigenvalue weighted by Crippen LogP contribution is -2.12. The van der Waals surface area contributed by atoms with Crippen LogP contribution in [0.25, 0.3) is 0 Å². The van der Waals surface area contributed by atoms with E-state index in [1.165, 1.54) is 0 Å². The molecule has 1 amide bonds.